The third kappa shape index (κ3) is 6.53. The SMILES string of the molecule is COCCCNC(=O)c1ccc(Oc2ccc(NS(=O)(=O)c3ccccc3)cc2)nc1. The van der Waals surface area contributed by atoms with Gasteiger partial charge in [0.25, 0.3) is 15.9 Å². The van der Waals surface area contributed by atoms with Crippen molar-refractivity contribution in [1.29, 1.82) is 0 Å². The second-order valence-electron chi connectivity index (χ2n) is 6.53. The summed E-state index contributed by atoms with van der Waals surface area (Å²) < 4.78 is 37.9. The number of anilines is 1. The van der Waals surface area contributed by atoms with Gasteiger partial charge in [0.05, 0.1) is 10.5 Å². The Kier molecular flexibility index (Phi) is 7.58. The number of rotatable bonds is 10. The summed E-state index contributed by atoms with van der Waals surface area (Å²) in [5.74, 6) is 0.575. The van der Waals surface area contributed by atoms with Crippen molar-refractivity contribution in [2.24, 2.45) is 0 Å². The zero-order chi connectivity index (χ0) is 22.1. The molecule has 0 spiro atoms. The first-order valence-electron chi connectivity index (χ1n) is 9.57. The molecule has 0 unspecified atom stereocenters. The number of sulfonamides is 1. The van der Waals surface area contributed by atoms with E-state index in [4.69, 9.17) is 9.47 Å². The predicted octanol–water partition coefficient (Wildman–Crippen LogP) is 3.44. The Bertz CT molecular complexity index is 1090. The van der Waals surface area contributed by atoms with Crippen LogP contribution in [0.15, 0.2) is 77.8 Å². The quantitative estimate of drug-likeness (QED) is 0.467. The number of hydrogen-bond acceptors (Lipinski definition) is 6. The first kappa shape index (κ1) is 22.3. The monoisotopic (exact) mass is 441 g/mol. The number of hydrogen-bond donors (Lipinski definition) is 2. The average molecular weight is 442 g/mol. The maximum Gasteiger partial charge on any atom is 0.261 e. The molecule has 2 N–H and O–H groups in total. The highest BCUT2D eigenvalue weighted by Gasteiger charge is 2.13. The highest BCUT2D eigenvalue weighted by molar-refractivity contribution is 7.92. The molecule has 2 aromatic carbocycles. The molecule has 0 atom stereocenters. The number of methoxy groups -OCH3 is 1. The van der Waals surface area contributed by atoms with E-state index in [1.807, 2.05) is 0 Å². The fourth-order valence-corrected chi connectivity index (χ4v) is 3.70. The Balaban J connectivity index is 1.57. The van der Waals surface area contributed by atoms with E-state index in [0.29, 0.717) is 36.0 Å². The molecule has 3 aromatic rings. The van der Waals surface area contributed by atoms with Crippen LogP contribution in [-0.2, 0) is 14.8 Å². The number of carbonyl (C=O) groups excluding carboxylic acids is 1. The minimum Gasteiger partial charge on any atom is -0.439 e. The van der Waals surface area contributed by atoms with Gasteiger partial charge in [0, 0.05) is 38.2 Å². The van der Waals surface area contributed by atoms with Crippen LogP contribution < -0.4 is 14.8 Å². The van der Waals surface area contributed by atoms with Crippen molar-refractivity contribution in [1.82, 2.24) is 10.3 Å². The minimum atomic E-state index is -3.66. The van der Waals surface area contributed by atoms with Crippen LogP contribution in [0.2, 0.25) is 0 Å². The second kappa shape index (κ2) is 10.6. The number of aromatic nitrogens is 1. The molecule has 8 nitrogen and oxygen atoms in total. The van der Waals surface area contributed by atoms with Crippen molar-refractivity contribution < 1.29 is 22.7 Å². The fourth-order valence-electron chi connectivity index (χ4n) is 2.62. The van der Waals surface area contributed by atoms with Crippen molar-refractivity contribution >= 4 is 21.6 Å². The highest BCUT2D eigenvalue weighted by atomic mass is 32.2. The maximum atomic E-state index is 12.4. The Morgan fingerprint density at radius 2 is 1.74 bits per heavy atom. The van der Waals surface area contributed by atoms with E-state index in [1.54, 1.807) is 61.7 Å². The summed E-state index contributed by atoms with van der Waals surface area (Å²) in [6.45, 7) is 1.10. The molecule has 0 radical (unpaired) electrons. The Morgan fingerprint density at radius 1 is 1.00 bits per heavy atom. The van der Waals surface area contributed by atoms with E-state index in [2.05, 4.69) is 15.0 Å². The number of carbonyl (C=O) groups is 1. The smallest absolute Gasteiger partial charge is 0.261 e. The molecule has 162 valence electrons. The topological polar surface area (TPSA) is 107 Å². The third-order valence-corrected chi connectivity index (χ3v) is 5.59. The van der Waals surface area contributed by atoms with Crippen molar-refractivity contribution in [2.75, 3.05) is 25.0 Å². The van der Waals surface area contributed by atoms with Crippen LogP contribution in [-0.4, -0.2) is 39.6 Å². The van der Waals surface area contributed by atoms with Crippen LogP contribution in [0.5, 0.6) is 11.6 Å². The molecule has 0 aliphatic heterocycles. The second-order valence-corrected chi connectivity index (χ2v) is 8.21. The zero-order valence-corrected chi connectivity index (χ0v) is 17.8. The van der Waals surface area contributed by atoms with Gasteiger partial charge in [-0.1, -0.05) is 18.2 Å². The van der Waals surface area contributed by atoms with Crippen LogP contribution >= 0.6 is 0 Å². The molecule has 1 heterocycles. The van der Waals surface area contributed by atoms with Crippen molar-refractivity contribution in [3.63, 3.8) is 0 Å². The van der Waals surface area contributed by atoms with Crippen molar-refractivity contribution in [3.8, 4) is 11.6 Å². The number of nitrogens with one attached hydrogen (secondary N) is 2. The van der Waals surface area contributed by atoms with E-state index in [0.717, 1.165) is 6.42 Å². The summed E-state index contributed by atoms with van der Waals surface area (Å²) in [7, 11) is -2.04. The lowest BCUT2D eigenvalue weighted by molar-refractivity contribution is 0.0948. The van der Waals surface area contributed by atoms with Crippen molar-refractivity contribution in [2.45, 2.75) is 11.3 Å². The van der Waals surface area contributed by atoms with E-state index >= 15 is 0 Å². The predicted molar refractivity (Wildman–Crippen MR) is 117 cm³/mol. The summed E-state index contributed by atoms with van der Waals surface area (Å²) in [5.41, 5.74) is 0.833. The van der Waals surface area contributed by atoms with Gasteiger partial charge >= 0.3 is 0 Å². The summed E-state index contributed by atoms with van der Waals surface area (Å²) in [4.78, 5) is 16.4. The summed E-state index contributed by atoms with van der Waals surface area (Å²) in [6, 6.07) is 17.8. The van der Waals surface area contributed by atoms with E-state index in [-0.39, 0.29) is 10.8 Å². The Labute approximate surface area is 181 Å². The molecular weight excluding hydrogens is 418 g/mol. The molecule has 3 rings (SSSR count). The molecule has 0 fully saturated rings. The Morgan fingerprint density at radius 3 is 2.39 bits per heavy atom. The lowest BCUT2D eigenvalue weighted by Crippen LogP contribution is -2.25. The summed E-state index contributed by atoms with van der Waals surface area (Å²) in [6.07, 6.45) is 2.16. The van der Waals surface area contributed by atoms with Gasteiger partial charge in [-0.25, -0.2) is 13.4 Å². The molecule has 0 saturated carbocycles. The van der Waals surface area contributed by atoms with Crippen LogP contribution in [0.25, 0.3) is 0 Å². The molecule has 1 amide bonds. The van der Waals surface area contributed by atoms with Gasteiger partial charge in [0.2, 0.25) is 5.88 Å². The molecule has 9 heteroatoms. The summed E-state index contributed by atoms with van der Waals surface area (Å²) in [5, 5.41) is 2.78. The van der Waals surface area contributed by atoms with Gasteiger partial charge < -0.3 is 14.8 Å². The van der Waals surface area contributed by atoms with Gasteiger partial charge in [-0.3, -0.25) is 9.52 Å². The van der Waals surface area contributed by atoms with E-state index in [9.17, 15) is 13.2 Å². The standard InChI is InChI=1S/C22H23N3O5S/c1-29-15-5-14-23-22(26)17-8-13-21(24-16-17)30-19-11-9-18(10-12-19)25-31(27,28)20-6-3-2-4-7-20/h2-4,6-13,16,25H,5,14-15H2,1H3,(H,23,26). The average Bonchev–Trinajstić information content (AvgIpc) is 2.79. The van der Waals surface area contributed by atoms with Gasteiger partial charge in [-0.05, 0) is 48.9 Å². The number of amides is 1. The first-order valence-corrected chi connectivity index (χ1v) is 11.1. The molecular formula is C22H23N3O5S. The molecule has 0 saturated heterocycles. The summed E-state index contributed by atoms with van der Waals surface area (Å²) >= 11 is 0. The van der Waals surface area contributed by atoms with Gasteiger partial charge in [0.15, 0.2) is 0 Å². The minimum absolute atomic E-state index is 0.183. The highest BCUT2D eigenvalue weighted by Crippen LogP contribution is 2.23. The van der Waals surface area contributed by atoms with Gasteiger partial charge in [0.1, 0.15) is 5.75 Å². The number of pyridine rings is 1. The number of benzene rings is 2. The number of nitrogens with zero attached hydrogens (tertiary/aromatic N) is 1. The lowest BCUT2D eigenvalue weighted by atomic mass is 10.2. The number of ether oxygens (including phenoxy) is 2. The van der Waals surface area contributed by atoms with Gasteiger partial charge in [-0.15, -0.1) is 0 Å². The Hall–Kier alpha value is -3.43. The van der Waals surface area contributed by atoms with Crippen LogP contribution in [0.4, 0.5) is 5.69 Å². The van der Waals surface area contributed by atoms with Crippen LogP contribution in [0, 0.1) is 0 Å². The lowest BCUT2D eigenvalue weighted by Gasteiger charge is -2.10. The zero-order valence-electron chi connectivity index (χ0n) is 16.9. The first-order chi connectivity index (χ1) is 15.0. The van der Waals surface area contributed by atoms with Crippen LogP contribution in [0.1, 0.15) is 16.8 Å². The third-order valence-electron chi connectivity index (χ3n) is 4.19. The van der Waals surface area contributed by atoms with Crippen molar-refractivity contribution in [3.05, 3.63) is 78.5 Å². The normalized spacial score (nSPS) is 11.0. The molecule has 0 bridgehead atoms. The maximum absolute atomic E-state index is 12.4. The molecule has 0 aliphatic rings. The van der Waals surface area contributed by atoms with E-state index < -0.39 is 10.0 Å². The van der Waals surface area contributed by atoms with Gasteiger partial charge in [-0.2, -0.15) is 0 Å². The molecule has 1 aromatic heterocycles. The fraction of sp³-hybridized carbons (Fsp3) is 0.182. The molecule has 0 aliphatic carbocycles. The molecule has 31 heavy (non-hydrogen) atoms. The van der Waals surface area contributed by atoms with Crippen LogP contribution in [0.3, 0.4) is 0 Å². The van der Waals surface area contributed by atoms with E-state index in [1.165, 1.54) is 18.3 Å². The largest absolute Gasteiger partial charge is 0.439 e.